The molecule has 19 heavy (non-hydrogen) atoms. The molecule has 0 spiro atoms. The Kier molecular flexibility index (Phi) is 3.43. The van der Waals surface area contributed by atoms with Crippen LogP contribution >= 0.6 is 30.3 Å². The molecule has 100 valence electrons. The average Bonchev–Trinajstić information content (AvgIpc) is 3.18. The minimum absolute atomic E-state index is 0.0838. The van der Waals surface area contributed by atoms with Crippen molar-refractivity contribution in [2.45, 2.75) is 25.4 Å². The van der Waals surface area contributed by atoms with Crippen LogP contribution < -0.4 is 14.8 Å². The van der Waals surface area contributed by atoms with Gasteiger partial charge < -0.3 is 14.8 Å². The number of nitrogens with zero attached hydrogens (tertiary/aromatic N) is 2. The van der Waals surface area contributed by atoms with Crippen molar-refractivity contribution in [3.8, 4) is 11.8 Å². The van der Waals surface area contributed by atoms with Gasteiger partial charge in [0.15, 0.2) is 0 Å². The average molecular weight is 387 g/mol. The highest BCUT2D eigenvalue weighted by Crippen LogP contribution is 2.51. The van der Waals surface area contributed by atoms with Crippen molar-refractivity contribution in [1.29, 1.82) is 5.26 Å². The minimum atomic E-state index is -0.127. The lowest BCUT2D eigenvalue weighted by molar-refractivity contribution is 0.173. The van der Waals surface area contributed by atoms with Crippen LogP contribution in [0.2, 0.25) is 0 Å². The summed E-state index contributed by atoms with van der Waals surface area (Å²) in [5.41, 5.74) is 7.47. The first-order chi connectivity index (χ1) is 9.15. The van der Waals surface area contributed by atoms with Crippen LogP contribution in [0.15, 0.2) is 18.2 Å². The maximum absolute atomic E-state index is 9.20. The lowest BCUT2D eigenvalue weighted by Gasteiger charge is -2.34. The van der Waals surface area contributed by atoms with Gasteiger partial charge in [0, 0.05) is 42.4 Å². The molecule has 1 atom stereocenters. The van der Waals surface area contributed by atoms with Crippen LogP contribution in [-0.4, -0.2) is 12.6 Å². The number of hydrogen-bond donors (Lipinski definition) is 1. The van der Waals surface area contributed by atoms with Crippen LogP contribution in [0.5, 0.6) is 5.75 Å². The molecule has 0 saturated heterocycles. The zero-order valence-corrected chi connectivity index (χ0v) is 13.3. The molecule has 1 aromatic rings. The van der Waals surface area contributed by atoms with Crippen molar-refractivity contribution in [2.75, 3.05) is 16.6 Å². The molecular formula is C13H14IN3OS. The molecule has 1 aliphatic carbocycles. The third kappa shape index (κ3) is 2.58. The molecule has 1 heterocycles. The number of benzene rings is 1. The van der Waals surface area contributed by atoms with Gasteiger partial charge in [0.25, 0.3) is 0 Å². The van der Waals surface area contributed by atoms with Gasteiger partial charge in [-0.1, -0.05) is 0 Å². The monoisotopic (exact) mass is 387 g/mol. The Morgan fingerprint density at radius 2 is 2.37 bits per heavy atom. The molecule has 6 heteroatoms. The Morgan fingerprint density at radius 3 is 3.00 bits per heavy atom. The molecule has 4 nitrogen and oxygen atoms in total. The topological polar surface area (TPSA) is 62.3 Å². The van der Waals surface area contributed by atoms with Gasteiger partial charge in [0.1, 0.15) is 11.9 Å². The molecule has 0 bridgehead atoms. The molecule has 0 aromatic heterocycles. The molecule has 0 amide bonds. The number of ether oxygens (including phenoxy) is 1. The third-order valence-electron chi connectivity index (χ3n) is 3.71. The van der Waals surface area contributed by atoms with Gasteiger partial charge in [-0.2, -0.15) is 5.26 Å². The molecule has 1 unspecified atom stereocenters. The van der Waals surface area contributed by atoms with Crippen molar-refractivity contribution in [1.82, 2.24) is 0 Å². The van der Waals surface area contributed by atoms with E-state index in [4.69, 9.17) is 10.5 Å². The normalized spacial score (nSPS) is 23.2. The maximum Gasteiger partial charge on any atom is 0.144 e. The summed E-state index contributed by atoms with van der Waals surface area (Å²) in [4.78, 5) is 0. The minimum Gasteiger partial charge on any atom is -0.486 e. The number of hydrogen-bond acceptors (Lipinski definition) is 5. The lowest BCUT2D eigenvalue weighted by Crippen LogP contribution is -2.37. The van der Waals surface area contributed by atoms with Gasteiger partial charge in [-0.25, -0.2) is 0 Å². The van der Waals surface area contributed by atoms with Crippen molar-refractivity contribution < 1.29 is 4.74 Å². The summed E-state index contributed by atoms with van der Waals surface area (Å²) in [7, 11) is 1.64. The summed E-state index contributed by atoms with van der Waals surface area (Å²) in [6.07, 6.45) is 2.92. The van der Waals surface area contributed by atoms with Gasteiger partial charge in [0.05, 0.1) is 23.7 Å². The Bertz CT molecular complexity index is 541. The van der Waals surface area contributed by atoms with E-state index in [1.807, 2.05) is 18.2 Å². The Hall–Kier alpha value is -0.810. The number of halogens is 1. The van der Waals surface area contributed by atoms with E-state index in [1.54, 1.807) is 9.12 Å². The van der Waals surface area contributed by atoms with Crippen LogP contribution in [0.4, 0.5) is 11.4 Å². The fourth-order valence-corrected chi connectivity index (χ4v) is 4.01. The zero-order valence-electron chi connectivity index (χ0n) is 10.3. The molecule has 1 aromatic carbocycles. The Morgan fingerprint density at radius 1 is 1.58 bits per heavy atom. The van der Waals surface area contributed by atoms with E-state index in [-0.39, 0.29) is 11.5 Å². The van der Waals surface area contributed by atoms with Gasteiger partial charge >= 0.3 is 0 Å². The summed E-state index contributed by atoms with van der Waals surface area (Å²) in [5, 5.41) is 9.20. The highest BCUT2D eigenvalue weighted by molar-refractivity contribution is 14.2. The maximum atomic E-state index is 9.20. The van der Waals surface area contributed by atoms with Crippen LogP contribution in [0.25, 0.3) is 0 Å². The van der Waals surface area contributed by atoms with Crippen LogP contribution in [-0.2, 0) is 0 Å². The highest BCUT2D eigenvalue weighted by atomic mass is 127. The van der Waals surface area contributed by atoms with Gasteiger partial charge in [-0.3, -0.25) is 0 Å². The van der Waals surface area contributed by atoms with E-state index in [0.717, 1.165) is 42.9 Å². The molecule has 3 rings (SSSR count). The summed E-state index contributed by atoms with van der Waals surface area (Å²) in [6.45, 7) is 0.799. The van der Waals surface area contributed by atoms with Crippen LogP contribution in [0.1, 0.15) is 19.3 Å². The molecule has 1 saturated carbocycles. The highest BCUT2D eigenvalue weighted by Gasteiger charge is 2.46. The summed E-state index contributed by atoms with van der Waals surface area (Å²) >= 11 is 2.27. The second-order valence-electron chi connectivity index (χ2n) is 5.19. The van der Waals surface area contributed by atoms with Crippen LogP contribution in [0.3, 0.4) is 0 Å². The number of rotatable bonds is 3. The van der Waals surface area contributed by atoms with Gasteiger partial charge in [0.2, 0.25) is 0 Å². The predicted molar refractivity (Wildman–Crippen MR) is 86.1 cm³/mol. The number of nitrogen functional groups attached to an aromatic ring is 1. The number of nitriles is 1. The first-order valence-corrected chi connectivity index (χ1v) is 9.51. The van der Waals surface area contributed by atoms with Crippen molar-refractivity contribution in [3.05, 3.63) is 18.2 Å². The lowest BCUT2D eigenvalue weighted by atomic mass is 9.99. The summed E-state index contributed by atoms with van der Waals surface area (Å²) in [6, 6.07) is 8.15. The first-order valence-electron chi connectivity index (χ1n) is 6.19. The van der Waals surface area contributed by atoms with E-state index in [9.17, 15) is 5.26 Å². The van der Waals surface area contributed by atoms with Crippen LogP contribution in [0, 0.1) is 16.7 Å². The number of nitrogens with two attached hydrogens (primary N) is 1. The SMILES string of the molecule is N#CC1(CC2CN(SI)c3cc(N)ccc3O2)CC1. The van der Waals surface area contributed by atoms with Crippen molar-refractivity contribution >= 4 is 41.7 Å². The Balaban J connectivity index is 1.82. The van der Waals surface area contributed by atoms with E-state index in [1.165, 1.54) is 0 Å². The summed E-state index contributed by atoms with van der Waals surface area (Å²) in [5.74, 6) is 0.864. The fourth-order valence-electron chi connectivity index (χ4n) is 2.45. The van der Waals surface area contributed by atoms with Crippen molar-refractivity contribution in [3.63, 3.8) is 0 Å². The van der Waals surface area contributed by atoms with E-state index in [0.29, 0.717) is 0 Å². The zero-order chi connectivity index (χ0) is 13.5. The Labute approximate surface area is 129 Å². The quantitative estimate of drug-likeness (QED) is 0.489. The molecule has 2 N–H and O–H groups in total. The molecule has 1 fully saturated rings. The second kappa shape index (κ2) is 4.94. The molecular weight excluding hydrogens is 373 g/mol. The second-order valence-corrected chi connectivity index (χ2v) is 6.95. The van der Waals surface area contributed by atoms with E-state index >= 15 is 0 Å². The standard InChI is InChI=1S/C13H14IN3OS/c14-19-17-7-10(6-13(8-15)3-4-13)18-12-2-1-9(16)5-11(12)17/h1-2,5,10H,3-4,6-7,16H2. The van der Waals surface area contributed by atoms with E-state index < -0.39 is 0 Å². The van der Waals surface area contributed by atoms with Gasteiger partial charge in [-0.05, 0) is 31.0 Å². The third-order valence-corrected chi connectivity index (χ3v) is 5.65. The fraction of sp³-hybridized carbons (Fsp3) is 0.462. The predicted octanol–water partition coefficient (Wildman–Crippen LogP) is 3.53. The largest absolute Gasteiger partial charge is 0.486 e. The number of fused-ring (bicyclic) bond motifs is 1. The molecule has 1 aliphatic heterocycles. The van der Waals surface area contributed by atoms with E-state index in [2.05, 4.69) is 31.6 Å². The smallest absolute Gasteiger partial charge is 0.144 e. The van der Waals surface area contributed by atoms with Crippen molar-refractivity contribution in [2.24, 2.45) is 5.41 Å². The summed E-state index contributed by atoms with van der Waals surface area (Å²) < 4.78 is 8.22. The first kappa shape index (κ1) is 13.2. The molecule has 2 aliphatic rings. The number of anilines is 2. The molecule has 0 radical (unpaired) electrons. The van der Waals surface area contributed by atoms with Gasteiger partial charge in [-0.15, -0.1) is 0 Å².